The zero-order valence-corrected chi connectivity index (χ0v) is 16.3. The lowest BCUT2D eigenvalue weighted by atomic mass is 10.2. The van der Waals surface area contributed by atoms with E-state index in [2.05, 4.69) is 22.1 Å². The van der Waals surface area contributed by atoms with Crippen LogP contribution in [0.4, 0.5) is 5.69 Å². The molecule has 0 spiro atoms. The predicted octanol–water partition coefficient (Wildman–Crippen LogP) is 2.71. The average molecular weight is 395 g/mol. The lowest BCUT2D eigenvalue weighted by Gasteiger charge is -2.36. The summed E-state index contributed by atoms with van der Waals surface area (Å²) in [5.74, 6) is 0.0722. The van der Waals surface area contributed by atoms with E-state index in [1.807, 2.05) is 40.6 Å². The number of carbonyl (C=O) groups is 1. The van der Waals surface area contributed by atoms with Crippen LogP contribution >= 0.6 is 11.3 Å². The highest BCUT2D eigenvalue weighted by atomic mass is 32.1. The number of piperazine rings is 1. The van der Waals surface area contributed by atoms with E-state index >= 15 is 0 Å². The van der Waals surface area contributed by atoms with Crippen molar-refractivity contribution in [2.45, 2.75) is 13.0 Å². The second-order valence-corrected chi connectivity index (χ2v) is 7.66. The molecule has 1 aliphatic heterocycles. The highest BCUT2D eigenvalue weighted by Crippen LogP contribution is 2.21. The highest BCUT2D eigenvalue weighted by Gasteiger charge is 2.21. The first-order valence-corrected chi connectivity index (χ1v) is 10.3. The molecule has 0 atom stereocenters. The molecule has 0 unspecified atom stereocenters. The first kappa shape index (κ1) is 18.4. The summed E-state index contributed by atoms with van der Waals surface area (Å²) in [6.45, 7) is 3.34. The molecule has 144 valence electrons. The first-order chi connectivity index (χ1) is 13.7. The van der Waals surface area contributed by atoms with E-state index in [1.165, 1.54) is 16.4 Å². The van der Waals surface area contributed by atoms with Gasteiger partial charge in [-0.05, 0) is 29.6 Å². The smallest absolute Gasteiger partial charge is 0.266 e. The molecule has 7 heteroatoms. The van der Waals surface area contributed by atoms with E-state index in [-0.39, 0.29) is 17.9 Å². The van der Waals surface area contributed by atoms with E-state index in [9.17, 15) is 9.59 Å². The first-order valence-electron chi connectivity index (χ1n) is 9.40. The van der Waals surface area contributed by atoms with Crippen molar-refractivity contribution in [2.75, 3.05) is 31.1 Å². The third-order valence-electron chi connectivity index (χ3n) is 4.93. The Morgan fingerprint density at radius 3 is 2.46 bits per heavy atom. The van der Waals surface area contributed by atoms with Gasteiger partial charge in [0, 0.05) is 44.4 Å². The quantitative estimate of drug-likeness (QED) is 0.668. The number of anilines is 1. The van der Waals surface area contributed by atoms with E-state index in [4.69, 9.17) is 0 Å². The number of hydrogen-bond donors (Lipinski definition) is 0. The Hall–Kier alpha value is -2.93. The summed E-state index contributed by atoms with van der Waals surface area (Å²) in [5, 5.41) is 6.40. The molecular weight excluding hydrogens is 372 g/mol. The van der Waals surface area contributed by atoms with Gasteiger partial charge in [0.15, 0.2) is 0 Å². The maximum absolute atomic E-state index is 12.6. The Morgan fingerprint density at radius 2 is 1.75 bits per heavy atom. The maximum atomic E-state index is 12.6. The topological polar surface area (TPSA) is 58.4 Å². The third kappa shape index (κ3) is 4.14. The Bertz CT molecular complexity index is 977. The minimum atomic E-state index is -0.179. The molecule has 2 aromatic heterocycles. The average Bonchev–Trinajstić information content (AvgIpc) is 3.29. The van der Waals surface area contributed by atoms with Gasteiger partial charge in [-0.3, -0.25) is 9.59 Å². The number of para-hydroxylation sites is 1. The van der Waals surface area contributed by atoms with E-state index in [0.717, 1.165) is 23.7 Å². The molecule has 1 amide bonds. The van der Waals surface area contributed by atoms with Gasteiger partial charge in [0.05, 0.1) is 11.4 Å². The Labute approximate surface area is 167 Å². The Morgan fingerprint density at radius 1 is 0.964 bits per heavy atom. The number of nitrogens with zero attached hydrogens (tertiary/aromatic N) is 4. The molecule has 1 saturated heterocycles. The van der Waals surface area contributed by atoms with Crippen LogP contribution in [0, 0.1) is 0 Å². The molecular formula is C21H22N4O2S. The second-order valence-electron chi connectivity index (χ2n) is 6.71. The minimum absolute atomic E-state index is 0.0722. The van der Waals surface area contributed by atoms with Gasteiger partial charge in [-0.15, -0.1) is 11.3 Å². The molecule has 4 rings (SSSR count). The zero-order chi connectivity index (χ0) is 19.3. The normalized spacial score (nSPS) is 14.3. The van der Waals surface area contributed by atoms with Crippen molar-refractivity contribution in [1.29, 1.82) is 0 Å². The maximum Gasteiger partial charge on any atom is 0.266 e. The van der Waals surface area contributed by atoms with Crippen LogP contribution in [0.1, 0.15) is 6.42 Å². The molecule has 1 fully saturated rings. The number of aryl methyl sites for hydroxylation is 1. The summed E-state index contributed by atoms with van der Waals surface area (Å²) in [6.07, 6.45) is 0.284. The van der Waals surface area contributed by atoms with Crippen LogP contribution in [-0.2, 0) is 11.3 Å². The zero-order valence-electron chi connectivity index (χ0n) is 15.5. The van der Waals surface area contributed by atoms with Gasteiger partial charge in [0.25, 0.3) is 5.56 Å². The molecule has 6 nitrogen and oxygen atoms in total. The van der Waals surface area contributed by atoms with Crippen LogP contribution in [0.25, 0.3) is 10.6 Å². The number of amides is 1. The number of thiophene rings is 1. The SMILES string of the molecule is O=C(CCn1nc(-c2cccs2)ccc1=O)N1CCN(c2ccccc2)CC1. The van der Waals surface area contributed by atoms with Crippen LogP contribution in [0.5, 0.6) is 0 Å². The van der Waals surface area contributed by atoms with Crippen LogP contribution in [-0.4, -0.2) is 46.8 Å². The lowest BCUT2D eigenvalue weighted by Crippen LogP contribution is -2.49. The van der Waals surface area contributed by atoms with E-state index < -0.39 is 0 Å². The highest BCUT2D eigenvalue weighted by molar-refractivity contribution is 7.13. The van der Waals surface area contributed by atoms with Gasteiger partial charge in [-0.2, -0.15) is 5.10 Å². The summed E-state index contributed by atoms with van der Waals surface area (Å²) in [7, 11) is 0. The Balaban J connectivity index is 1.34. The molecule has 1 aromatic carbocycles. The molecule has 0 N–H and O–H groups in total. The largest absolute Gasteiger partial charge is 0.368 e. The summed E-state index contributed by atoms with van der Waals surface area (Å²) in [6, 6.07) is 17.4. The molecule has 3 heterocycles. The molecule has 0 bridgehead atoms. The fraction of sp³-hybridized carbons (Fsp3) is 0.286. The summed E-state index contributed by atoms with van der Waals surface area (Å²) < 4.78 is 1.40. The third-order valence-corrected chi connectivity index (χ3v) is 5.82. The van der Waals surface area contributed by atoms with E-state index in [1.54, 1.807) is 17.4 Å². The number of hydrogen-bond acceptors (Lipinski definition) is 5. The summed E-state index contributed by atoms with van der Waals surface area (Å²) in [5.41, 5.74) is 1.77. The van der Waals surface area contributed by atoms with Crippen LogP contribution in [0.2, 0.25) is 0 Å². The van der Waals surface area contributed by atoms with Crippen LogP contribution < -0.4 is 10.5 Å². The van der Waals surface area contributed by atoms with Gasteiger partial charge in [0.1, 0.15) is 5.69 Å². The van der Waals surface area contributed by atoms with Gasteiger partial charge in [-0.25, -0.2) is 4.68 Å². The summed E-state index contributed by atoms with van der Waals surface area (Å²) in [4.78, 5) is 29.9. The molecule has 1 aliphatic rings. The molecule has 28 heavy (non-hydrogen) atoms. The van der Waals surface area contributed by atoms with Crippen molar-refractivity contribution >= 4 is 22.9 Å². The van der Waals surface area contributed by atoms with Crippen molar-refractivity contribution in [3.63, 3.8) is 0 Å². The van der Waals surface area contributed by atoms with Crippen molar-refractivity contribution in [3.8, 4) is 10.6 Å². The fourth-order valence-corrected chi connectivity index (χ4v) is 4.07. The van der Waals surface area contributed by atoms with Crippen molar-refractivity contribution in [3.05, 3.63) is 70.3 Å². The van der Waals surface area contributed by atoms with Gasteiger partial charge < -0.3 is 9.80 Å². The van der Waals surface area contributed by atoms with Gasteiger partial charge in [0.2, 0.25) is 5.91 Å². The number of aromatic nitrogens is 2. The standard InChI is InChI=1S/C21H22N4O2S/c26-20(24-14-12-23(13-15-24)17-5-2-1-3-6-17)10-11-25-21(27)9-8-18(22-25)19-7-4-16-28-19/h1-9,16H,10-15H2. The van der Waals surface area contributed by atoms with Crippen LogP contribution in [0.15, 0.2) is 64.8 Å². The molecule has 0 saturated carbocycles. The van der Waals surface area contributed by atoms with E-state index in [0.29, 0.717) is 19.6 Å². The van der Waals surface area contributed by atoms with Crippen LogP contribution in [0.3, 0.4) is 0 Å². The molecule has 0 aliphatic carbocycles. The number of rotatable bonds is 5. The van der Waals surface area contributed by atoms with Crippen molar-refractivity contribution in [2.24, 2.45) is 0 Å². The molecule has 3 aromatic rings. The minimum Gasteiger partial charge on any atom is -0.368 e. The second kappa shape index (κ2) is 8.39. The monoisotopic (exact) mass is 394 g/mol. The van der Waals surface area contributed by atoms with Gasteiger partial charge in [-0.1, -0.05) is 24.3 Å². The summed E-state index contributed by atoms with van der Waals surface area (Å²) >= 11 is 1.58. The fourth-order valence-electron chi connectivity index (χ4n) is 3.38. The number of carbonyl (C=O) groups excluding carboxylic acids is 1. The lowest BCUT2D eigenvalue weighted by molar-refractivity contribution is -0.131. The Kier molecular flexibility index (Phi) is 5.53. The number of benzene rings is 1. The van der Waals surface area contributed by atoms with Gasteiger partial charge >= 0.3 is 0 Å². The van der Waals surface area contributed by atoms with Crippen molar-refractivity contribution < 1.29 is 4.79 Å². The van der Waals surface area contributed by atoms with Crippen molar-refractivity contribution in [1.82, 2.24) is 14.7 Å². The molecule has 0 radical (unpaired) electrons. The predicted molar refractivity (Wildman–Crippen MR) is 112 cm³/mol.